The van der Waals surface area contributed by atoms with Gasteiger partial charge < -0.3 is 5.73 Å². The highest BCUT2D eigenvalue weighted by Crippen LogP contribution is 2.28. The lowest BCUT2D eigenvalue weighted by Gasteiger charge is -2.20. The first kappa shape index (κ1) is 14.5. The van der Waals surface area contributed by atoms with Crippen molar-refractivity contribution in [2.75, 3.05) is 19.6 Å². The first-order valence-electron chi connectivity index (χ1n) is 7.80. The minimum absolute atomic E-state index is 0.646. The van der Waals surface area contributed by atoms with E-state index in [9.17, 15) is 0 Å². The molecule has 2 N–H and O–H groups in total. The van der Waals surface area contributed by atoms with Gasteiger partial charge in [-0.3, -0.25) is 9.58 Å². The molecule has 1 aliphatic carbocycles. The fourth-order valence-corrected chi connectivity index (χ4v) is 2.90. The van der Waals surface area contributed by atoms with E-state index in [0.717, 1.165) is 26.2 Å². The number of aromatic nitrogens is 2. The van der Waals surface area contributed by atoms with Crippen LogP contribution in [0.3, 0.4) is 0 Å². The van der Waals surface area contributed by atoms with Gasteiger partial charge in [-0.15, -0.1) is 0 Å². The van der Waals surface area contributed by atoms with Crippen LogP contribution < -0.4 is 5.73 Å². The zero-order valence-corrected chi connectivity index (χ0v) is 12.2. The first-order chi connectivity index (χ1) is 9.33. The third kappa shape index (κ3) is 4.32. The van der Waals surface area contributed by atoms with E-state index in [-0.39, 0.29) is 0 Å². The molecule has 1 saturated carbocycles. The average Bonchev–Trinajstić information content (AvgIpc) is 3.06. The van der Waals surface area contributed by atoms with E-state index in [4.69, 9.17) is 10.8 Å². The molecule has 0 aliphatic heterocycles. The van der Waals surface area contributed by atoms with Gasteiger partial charge in [0.05, 0.1) is 11.7 Å². The summed E-state index contributed by atoms with van der Waals surface area (Å²) >= 11 is 0. The summed E-state index contributed by atoms with van der Waals surface area (Å²) in [5.74, 6) is 0. The van der Waals surface area contributed by atoms with Gasteiger partial charge in [-0.2, -0.15) is 5.10 Å². The molecule has 1 heterocycles. The summed E-state index contributed by atoms with van der Waals surface area (Å²) < 4.78 is 2.18. The Balaban J connectivity index is 1.89. The van der Waals surface area contributed by atoms with E-state index >= 15 is 0 Å². The zero-order chi connectivity index (χ0) is 13.5. The Morgan fingerprint density at radius 3 is 2.84 bits per heavy atom. The summed E-state index contributed by atoms with van der Waals surface area (Å²) in [7, 11) is 0. The van der Waals surface area contributed by atoms with Crippen LogP contribution in [0.4, 0.5) is 0 Å². The predicted octanol–water partition coefficient (Wildman–Crippen LogP) is 2.56. The summed E-state index contributed by atoms with van der Waals surface area (Å²) in [5.41, 5.74) is 6.88. The number of hydrogen-bond acceptors (Lipinski definition) is 3. The molecule has 0 atom stereocenters. The molecule has 0 radical (unpaired) electrons. The van der Waals surface area contributed by atoms with E-state index in [1.165, 1.54) is 44.2 Å². The van der Waals surface area contributed by atoms with Crippen LogP contribution in [-0.2, 0) is 6.54 Å². The number of nitrogens with zero attached hydrogens (tertiary/aromatic N) is 3. The number of rotatable bonds is 8. The zero-order valence-electron chi connectivity index (χ0n) is 12.2. The van der Waals surface area contributed by atoms with E-state index in [2.05, 4.69) is 28.8 Å². The molecule has 0 saturated heterocycles. The lowest BCUT2D eigenvalue weighted by molar-refractivity contribution is 0.264. The number of hydrogen-bond donors (Lipinski definition) is 1. The van der Waals surface area contributed by atoms with Crippen LogP contribution in [0.5, 0.6) is 0 Å². The lowest BCUT2D eigenvalue weighted by Crippen LogP contribution is -2.30. The average molecular weight is 264 g/mol. The van der Waals surface area contributed by atoms with E-state index in [1.807, 2.05) is 0 Å². The maximum atomic E-state index is 5.69. The van der Waals surface area contributed by atoms with Crippen LogP contribution in [0.1, 0.15) is 57.2 Å². The van der Waals surface area contributed by atoms with Crippen molar-refractivity contribution in [2.45, 2.75) is 58.0 Å². The van der Waals surface area contributed by atoms with Gasteiger partial charge in [0.25, 0.3) is 0 Å². The number of unbranched alkanes of at least 4 members (excludes halogenated alkanes) is 1. The maximum absolute atomic E-state index is 5.69. The molecule has 0 bridgehead atoms. The summed E-state index contributed by atoms with van der Waals surface area (Å²) in [6.07, 6.45) is 9.94. The Bertz CT molecular complexity index is 355. The van der Waals surface area contributed by atoms with Gasteiger partial charge in [0.2, 0.25) is 0 Å². The van der Waals surface area contributed by atoms with Gasteiger partial charge in [0.15, 0.2) is 0 Å². The van der Waals surface area contributed by atoms with E-state index in [1.54, 1.807) is 0 Å². The fourth-order valence-electron chi connectivity index (χ4n) is 2.90. The van der Waals surface area contributed by atoms with Crippen molar-refractivity contribution in [1.29, 1.82) is 0 Å². The second-order valence-electron chi connectivity index (χ2n) is 5.64. The molecule has 4 heteroatoms. The molecule has 1 aromatic heterocycles. The highest BCUT2D eigenvalue weighted by Gasteiger charge is 2.17. The monoisotopic (exact) mass is 264 g/mol. The van der Waals surface area contributed by atoms with Gasteiger partial charge in [0.1, 0.15) is 0 Å². The highest BCUT2D eigenvalue weighted by atomic mass is 15.3. The fraction of sp³-hybridized carbons (Fsp3) is 0.800. The van der Waals surface area contributed by atoms with E-state index < -0.39 is 0 Å². The Hall–Kier alpha value is -0.870. The predicted molar refractivity (Wildman–Crippen MR) is 79.0 cm³/mol. The van der Waals surface area contributed by atoms with Gasteiger partial charge in [-0.05, 0) is 31.9 Å². The van der Waals surface area contributed by atoms with Crippen LogP contribution in [0.2, 0.25) is 0 Å². The molecular weight excluding hydrogens is 236 g/mol. The molecule has 2 rings (SSSR count). The number of nitrogens with two attached hydrogens (primary N) is 1. The topological polar surface area (TPSA) is 47.1 Å². The largest absolute Gasteiger partial charge is 0.329 e. The van der Waals surface area contributed by atoms with Gasteiger partial charge in [-0.1, -0.05) is 26.2 Å². The van der Waals surface area contributed by atoms with Gasteiger partial charge in [-0.25, -0.2) is 0 Å². The van der Waals surface area contributed by atoms with Crippen molar-refractivity contribution >= 4 is 0 Å². The molecule has 0 aromatic carbocycles. The molecule has 1 aliphatic rings. The summed E-state index contributed by atoms with van der Waals surface area (Å²) in [6, 6.07) is 2.82. The second kappa shape index (κ2) is 7.65. The molecule has 1 aromatic rings. The smallest absolute Gasteiger partial charge is 0.0764 e. The summed E-state index contributed by atoms with van der Waals surface area (Å²) in [6.45, 7) is 6.00. The van der Waals surface area contributed by atoms with Crippen molar-refractivity contribution in [3.8, 4) is 0 Å². The minimum Gasteiger partial charge on any atom is -0.329 e. The maximum Gasteiger partial charge on any atom is 0.0764 e. The molecule has 0 spiro atoms. The van der Waals surface area contributed by atoms with Crippen molar-refractivity contribution in [3.05, 3.63) is 18.0 Å². The second-order valence-corrected chi connectivity index (χ2v) is 5.64. The molecule has 0 amide bonds. The normalized spacial score (nSPS) is 16.6. The van der Waals surface area contributed by atoms with Crippen LogP contribution in [-0.4, -0.2) is 34.3 Å². The van der Waals surface area contributed by atoms with Gasteiger partial charge in [0, 0.05) is 25.8 Å². The Kier molecular flexibility index (Phi) is 5.86. The summed E-state index contributed by atoms with van der Waals surface area (Å²) in [4.78, 5) is 2.42. The Morgan fingerprint density at radius 1 is 1.37 bits per heavy atom. The van der Waals surface area contributed by atoms with Gasteiger partial charge >= 0.3 is 0 Å². The van der Waals surface area contributed by atoms with Crippen molar-refractivity contribution in [3.63, 3.8) is 0 Å². The van der Waals surface area contributed by atoms with Crippen LogP contribution in [0, 0.1) is 0 Å². The third-order valence-electron chi connectivity index (χ3n) is 4.02. The molecule has 4 nitrogen and oxygen atoms in total. The van der Waals surface area contributed by atoms with Crippen LogP contribution in [0.25, 0.3) is 0 Å². The van der Waals surface area contributed by atoms with Crippen molar-refractivity contribution in [1.82, 2.24) is 14.7 Å². The first-order valence-corrected chi connectivity index (χ1v) is 7.80. The van der Waals surface area contributed by atoms with Crippen LogP contribution in [0.15, 0.2) is 12.3 Å². The lowest BCUT2D eigenvalue weighted by atomic mass is 10.3. The molecular formula is C15H28N4. The minimum atomic E-state index is 0.646. The highest BCUT2D eigenvalue weighted by molar-refractivity contribution is 5.00. The molecule has 108 valence electrons. The Morgan fingerprint density at radius 2 is 2.16 bits per heavy atom. The van der Waals surface area contributed by atoms with Crippen molar-refractivity contribution < 1.29 is 0 Å². The van der Waals surface area contributed by atoms with Crippen LogP contribution >= 0.6 is 0 Å². The molecule has 1 fully saturated rings. The summed E-state index contributed by atoms with van der Waals surface area (Å²) in [5, 5.41) is 4.76. The SMILES string of the molecule is CCCCN(CCN)Cc1ccn(C2CCCC2)n1. The third-order valence-corrected chi connectivity index (χ3v) is 4.02. The van der Waals surface area contributed by atoms with Crippen molar-refractivity contribution in [2.24, 2.45) is 5.73 Å². The Labute approximate surface area is 117 Å². The molecule has 0 unspecified atom stereocenters. The standard InChI is InChI=1S/C15H28N4/c1-2-3-10-18(12-9-16)13-14-8-11-19(17-14)15-6-4-5-7-15/h8,11,15H,2-7,9-10,12-13,16H2,1H3. The molecule has 19 heavy (non-hydrogen) atoms. The van der Waals surface area contributed by atoms with E-state index in [0.29, 0.717) is 6.04 Å². The quantitative estimate of drug-likeness (QED) is 0.785.